The molecule has 0 atom stereocenters. The Hall–Kier alpha value is -3.21. The second kappa shape index (κ2) is 9.11. The number of likely N-dealkylation sites (N-methyl/N-ethyl adjacent to an activating group) is 1. The topological polar surface area (TPSA) is 122 Å². The fourth-order valence-electron chi connectivity index (χ4n) is 3.24. The van der Waals surface area contributed by atoms with Crippen LogP contribution in [0.15, 0.2) is 36.5 Å². The molecule has 3 N–H and O–H groups in total. The summed E-state index contributed by atoms with van der Waals surface area (Å²) in [6.07, 6.45) is 1.47. The summed E-state index contributed by atoms with van der Waals surface area (Å²) in [5.74, 6) is -0.420. The first-order valence-electron chi connectivity index (χ1n) is 9.76. The zero-order valence-electron chi connectivity index (χ0n) is 17.1. The molecule has 3 aromatic rings. The zero-order valence-corrected chi connectivity index (χ0v) is 18.6. The molecule has 0 spiro atoms. The molecule has 0 bridgehead atoms. The van der Waals surface area contributed by atoms with E-state index in [0.717, 1.165) is 17.9 Å². The maximum absolute atomic E-state index is 12.7. The van der Waals surface area contributed by atoms with Crippen molar-refractivity contribution in [3.05, 3.63) is 57.8 Å². The van der Waals surface area contributed by atoms with Crippen LogP contribution in [-0.2, 0) is 0 Å². The van der Waals surface area contributed by atoms with E-state index < -0.39 is 5.91 Å². The van der Waals surface area contributed by atoms with Gasteiger partial charge in [-0.2, -0.15) is 0 Å². The van der Waals surface area contributed by atoms with E-state index in [1.165, 1.54) is 6.20 Å². The van der Waals surface area contributed by atoms with Gasteiger partial charge in [-0.25, -0.2) is 4.98 Å². The molecule has 32 heavy (non-hydrogen) atoms. The summed E-state index contributed by atoms with van der Waals surface area (Å²) in [7, 11) is 2.03. The van der Waals surface area contributed by atoms with Crippen LogP contribution in [0.4, 0.5) is 11.6 Å². The Morgan fingerprint density at radius 2 is 1.72 bits per heavy atom. The van der Waals surface area contributed by atoms with Crippen molar-refractivity contribution >= 4 is 46.7 Å². The fourth-order valence-corrected chi connectivity index (χ4v) is 3.79. The number of carbonyl (C=O) groups excluding carboxylic acids is 2. The molecule has 166 valence electrons. The quantitative estimate of drug-likeness (QED) is 0.580. The minimum Gasteiger partial charge on any atom is -0.364 e. The highest BCUT2D eigenvalue weighted by molar-refractivity contribution is 6.37. The smallest absolute Gasteiger partial charge is 0.273 e. The number of benzene rings is 1. The van der Waals surface area contributed by atoms with Gasteiger partial charge in [0.15, 0.2) is 11.5 Å². The van der Waals surface area contributed by atoms with Crippen molar-refractivity contribution in [2.75, 3.05) is 38.5 Å². The van der Waals surface area contributed by atoms with Crippen molar-refractivity contribution in [1.82, 2.24) is 29.8 Å². The lowest BCUT2D eigenvalue weighted by molar-refractivity contribution is 0.0663. The number of pyridine rings is 1. The van der Waals surface area contributed by atoms with E-state index in [4.69, 9.17) is 28.9 Å². The van der Waals surface area contributed by atoms with Crippen LogP contribution in [-0.4, -0.2) is 74.8 Å². The van der Waals surface area contributed by atoms with Gasteiger partial charge in [-0.15, -0.1) is 15.0 Å². The zero-order chi connectivity index (χ0) is 22.8. The Labute approximate surface area is 193 Å². The van der Waals surface area contributed by atoms with Crippen molar-refractivity contribution in [1.29, 1.82) is 0 Å². The molecule has 0 unspecified atom stereocenters. The number of nitrogens with one attached hydrogen (secondary N) is 1. The number of piperazine rings is 1. The molecule has 1 aliphatic heterocycles. The Kier molecular flexibility index (Phi) is 6.26. The van der Waals surface area contributed by atoms with Crippen LogP contribution < -0.4 is 11.1 Å². The van der Waals surface area contributed by atoms with Gasteiger partial charge in [0, 0.05) is 32.4 Å². The molecule has 1 fully saturated rings. The van der Waals surface area contributed by atoms with Gasteiger partial charge in [0.2, 0.25) is 0 Å². The highest BCUT2D eigenvalue weighted by Gasteiger charge is 2.22. The lowest BCUT2D eigenvalue weighted by atomic mass is 10.2. The molecule has 0 aliphatic carbocycles. The normalized spacial score (nSPS) is 14.4. The lowest BCUT2D eigenvalue weighted by Crippen LogP contribution is -2.47. The van der Waals surface area contributed by atoms with E-state index >= 15 is 0 Å². The molecule has 12 heteroatoms. The van der Waals surface area contributed by atoms with Crippen LogP contribution in [0, 0.1) is 0 Å². The van der Waals surface area contributed by atoms with E-state index in [-0.39, 0.29) is 17.4 Å². The summed E-state index contributed by atoms with van der Waals surface area (Å²) in [6, 6.07) is 8.22. The van der Waals surface area contributed by atoms with Crippen molar-refractivity contribution < 1.29 is 9.59 Å². The van der Waals surface area contributed by atoms with Gasteiger partial charge in [0.1, 0.15) is 11.5 Å². The number of nitrogens with two attached hydrogens (primary N) is 1. The summed E-state index contributed by atoms with van der Waals surface area (Å²) < 4.78 is 0. The maximum Gasteiger partial charge on any atom is 0.273 e. The third-order valence-corrected chi connectivity index (χ3v) is 5.64. The van der Waals surface area contributed by atoms with Gasteiger partial charge in [-0.05, 0) is 31.3 Å². The molecule has 0 saturated carbocycles. The molecule has 1 saturated heterocycles. The van der Waals surface area contributed by atoms with Crippen LogP contribution in [0.3, 0.4) is 0 Å². The first-order valence-corrected chi connectivity index (χ1v) is 10.5. The predicted molar refractivity (Wildman–Crippen MR) is 121 cm³/mol. The largest absolute Gasteiger partial charge is 0.364 e. The van der Waals surface area contributed by atoms with Crippen molar-refractivity contribution in [2.24, 2.45) is 5.73 Å². The van der Waals surface area contributed by atoms with Crippen molar-refractivity contribution in [2.45, 2.75) is 0 Å². The first kappa shape index (κ1) is 22.0. The highest BCUT2D eigenvalue weighted by atomic mass is 35.5. The summed E-state index contributed by atoms with van der Waals surface area (Å²) in [4.78, 5) is 34.0. The van der Waals surface area contributed by atoms with Gasteiger partial charge in [-0.3, -0.25) is 9.59 Å². The molecular formula is C20H20Cl2N8O2. The third kappa shape index (κ3) is 4.52. The minimum atomic E-state index is -0.788. The lowest BCUT2D eigenvalue weighted by Gasteiger charge is -2.32. The average molecular weight is 475 g/mol. The molecule has 2 amide bonds. The molecule has 4 rings (SSSR count). The minimum absolute atomic E-state index is 0.0747. The molecule has 2 aromatic heterocycles. The Morgan fingerprint density at radius 1 is 1.03 bits per heavy atom. The van der Waals surface area contributed by atoms with E-state index in [1.807, 2.05) is 7.05 Å². The number of hydrogen-bond acceptors (Lipinski definition) is 7. The second-order valence-electron chi connectivity index (χ2n) is 7.27. The molecule has 1 aliphatic rings. The number of para-hydroxylation sites is 1. The number of nitrogens with zero attached hydrogens (tertiary/aromatic N) is 6. The molecule has 10 nitrogen and oxygen atoms in total. The van der Waals surface area contributed by atoms with E-state index in [1.54, 1.807) is 35.2 Å². The Balaban J connectivity index is 1.56. The number of amides is 2. The number of aromatic nitrogens is 4. The summed E-state index contributed by atoms with van der Waals surface area (Å²) in [5.41, 5.74) is 6.13. The number of hydrogen-bond donors (Lipinski definition) is 2. The number of carbonyl (C=O) groups is 2. The average Bonchev–Trinajstić information content (AvgIpc) is 3.18. The van der Waals surface area contributed by atoms with Gasteiger partial charge < -0.3 is 20.9 Å². The van der Waals surface area contributed by atoms with Crippen LogP contribution in [0.2, 0.25) is 10.0 Å². The molecule has 0 radical (unpaired) electrons. The second-order valence-corrected chi connectivity index (χ2v) is 8.09. The third-order valence-electron chi connectivity index (χ3n) is 5.03. The standard InChI is InChI=1S/C20H20Cl2N8O2/c1-28-7-9-29(10-8-28)20(32)12-5-6-15(24-11-12)25-19-16(18(23)31)26-30(27-19)17-13(21)3-2-4-14(17)22/h2-6,11H,7-10H2,1H3,(H2,23,31)(H,24,25,27). The van der Waals surface area contributed by atoms with Gasteiger partial charge in [-0.1, -0.05) is 29.3 Å². The number of rotatable bonds is 5. The van der Waals surface area contributed by atoms with Crippen molar-refractivity contribution in [3.63, 3.8) is 0 Å². The van der Waals surface area contributed by atoms with Crippen LogP contribution in [0.5, 0.6) is 0 Å². The van der Waals surface area contributed by atoms with Crippen LogP contribution >= 0.6 is 23.2 Å². The van der Waals surface area contributed by atoms with E-state index in [0.29, 0.717) is 40.2 Å². The summed E-state index contributed by atoms with van der Waals surface area (Å²) >= 11 is 12.4. The molecule has 1 aromatic carbocycles. The van der Waals surface area contributed by atoms with Crippen LogP contribution in [0.1, 0.15) is 20.8 Å². The first-order chi connectivity index (χ1) is 15.3. The van der Waals surface area contributed by atoms with E-state index in [2.05, 4.69) is 25.4 Å². The SMILES string of the molecule is CN1CCN(C(=O)c2ccc(Nc3nn(-c4c(Cl)cccc4Cl)nc3C(N)=O)nc2)CC1. The predicted octanol–water partition coefficient (Wildman–Crippen LogP) is 2.20. The number of anilines is 2. The van der Waals surface area contributed by atoms with Gasteiger partial charge in [0.25, 0.3) is 11.8 Å². The van der Waals surface area contributed by atoms with Crippen LogP contribution in [0.25, 0.3) is 5.69 Å². The summed E-state index contributed by atoms with van der Waals surface area (Å²) in [5, 5.41) is 11.9. The Bertz CT molecular complexity index is 1140. The van der Waals surface area contributed by atoms with E-state index in [9.17, 15) is 9.59 Å². The van der Waals surface area contributed by atoms with Crippen molar-refractivity contribution in [3.8, 4) is 5.69 Å². The Morgan fingerprint density at radius 3 is 2.31 bits per heavy atom. The van der Waals surface area contributed by atoms with Gasteiger partial charge in [0.05, 0.1) is 15.6 Å². The molecular weight excluding hydrogens is 455 g/mol. The summed E-state index contributed by atoms with van der Waals surface area (Å²) in [6.45, 7) is 3.01. The maximum atomic E-state index is 12.7. The highest BCUT2D eigenvalue weighted by Crippen LogP contribution is 2.28. The number of halogens is 2. The monoisotopic (exact) mass is 474 g/mol. The fraction of sp³-hybridized carbons (Fsp3) is 0.250. The molecule has 3 heterocycles. The van der Waals surface area contributed by atoms with Gasteiger partial charge >= 0.3 is 0 Å². The number of primary amides is 1.